The van der Waals surface area contributed by atoms with Crippen molar-refractivity contribution in [1.29, 1.82) is 0 Å². The van der Waals surface area contributed by atoms with Crippen LogP contribution in [0.2, 0.25) is 0 Å². The lowest BCUT2D eigenvalue weighted by molar-refractivity contribution is 0.0944. The molecule has 4 rings (SSSR count). The van der Waals surface area contributed by atoms with E-state index >= 15 is 0 Å². The average molecular weight is 335 g/mol. The number of pyridine rings is 2. The summed E-state index contributed by atoms with van der Waals surface area (Å²) in [7, 11) is 0. The Labute approximate surface area is 144 Å². The van der Waals surface area contributed by atoms with Crippen LogP contribution < -0.4 is 10.1 Å². The molecule has 1 N–H and O–H groups in total. The number of carbonyl (C=O) groups is 1. The Morgan fingerprint density at radius 3 is 2.88 bits per heavy atom. The highest BCUT2D eigenvalue weighted by atomic mass is 16.5. The number of rotatable bonds is 5. The highest BCUT2D eigenvalue weighted by Crippen LogP contribution is 2.21. The highest BCUT2D eigenvalue weighted by molar-refractivity contribution is 5.92. The van der Waals surface area contributed by atoms with Crippen LogP contribution in [0.15, 0.2) is 55.1 Å². The fraction of sp³-hybridized carbons (Fsp3) is 0.222. The number of nitrogens with one attached hydrogen (secondary N) is 1. The predicted octanol–water partition coefficient (Wildman–Crippen LogP) is 1.61. The largest absolute Gasteiger partial charge is 0.486 e. The van der Waals surface area contributed by atoms with E-state index in [2.05, 4.69) is 20.4 Å². The fourth-order valence-corrected chi connectivity index (χ4v) is 2.84. The number of amides is 1. The van der Waals surface area contributed by atoms with E-state index in [1.165, 1.54) is 0 Å². The van der Waals surface area contributed by atoms with Crippen LogP contribution >= 0.6 is 0 Å². The molecule has 0 fully saturated rings. The number of hydrogen-bond acceptors (Lipinski definition) is 5. The van der Waals surface area contributed by atoms with Crippen molar-refractivity contribution in [2.75, 3.05) is 0 Å². The molecule has 0 saturated carbocycles. The predicted molar refractivity (Wildman–Crippen MR) is 90.0 cm³/mol. The molecule has 7 heteroatoms. The molecular weight excluding hydrogens is 318 g/mol. The summed E-state index contributed by atoms with van der Waals surface area (Å²) < 4.78 is 7.73. The molecule has 7 nitrogen and oxygen atoms in total. The van der Waals surface area contributed by atoms with Crippen molar-refractivity contribution in [3.05, 3.63) is 72.1 Å². The van der Waals surface area contributed by atoms with Crippen molar-refractivity contribution < 1.29 is 9.53 Å². The van der Waals surface area contributed by atoms with Crippen LogP contribution in [-0.2, 0) is 19.5 Å². The van der Waals surface area contributed by atoms with Gasteiger partial charge in [-0.1, -0.05) is 0 Å². The normalized spacial score (nSPS) is 15.6. The van der Waals surface area contributed by atoms with Gasteiger partial charge in [0.2, 0.25) is 0 Å². The van der Waals surface area contributed by atoms with Crippen LogP contribution in [0.3, 0.4) is 0 Å². The lowest BCUT2D eigenvalue weighted by atomic mass is 10.2. The van der Waals surface area contributed by atoms with Crippen molar-refractivity contribution in [1.82, 2.24) is 25.1 Å². The molecule has 0 radical (unpaired) electrons. The summed E-state index contributed by atoms with van der Waals surface area (Å²) in [6, 6.07) is 9.29. The topological polar surface area (TPSA) is 81.9 Å². The van der Waals surface area contributed by atoms with Crippen LogP contribution in [0.25, 0.3) is 0 Å². The van der Waals surface area contributed by atoms with E-state index in [9.17, 15) is 4.79 Å². The van der Waals surface area contributed by atoms with Crippen LogP contribution in [0.4, 0.5) is 0 Å². The second-order valence-electron chi connectivity index (χ2n) is 5.87. The first-order valence-corrected chi connectivity index (χ1v) is 8.08. The minimum atomic E-state index is -0.177. The molecule has 1 atom stereocenters. The maximum absolute atomic E-state index is 12.3. The number of ether oxygens (including phenoxy) is 1. The number of nitrogens with zero attached hydrogens (tertiary/aromatic N) is 4. The molecule has 4 heterocycles. The molecule has 0 bridgehead atoms. The molecule has 0 spiro atoms. The molecule has 0 aliphatic carbocycles. The quantitative estimate of drug-likeness (QED) is 0.766. The van der Waals surface area contributed by atoms with Crippen molar-refractivity contribution in [2.45, 2.75) is 25.6 Å². The van der Waals surface area contributed by atoms with Crippen molar-refractivity contribution in [3.8, 4) is 5.75 Å². The molecular formula is C18H17N5O2. The SMILES string of the molecule is O=C(NCc1ccncc1)c1cc2n(n1)C[C@@H](Oc1cccnc1)C2. The van der Waals surface area contributed by atoms with Gasteiger partial charge in [0.05, 0.1) is 12.7 Å². The molecule has 0 saturated heterocycles. The van der Waals surface area contributed by atoms with Crippen molar-refractivity contribution in [2.24, 2.45) is 0 Å². The first-order valence-electron chi connectivity index (χ1n) is 8.08. The molecule has 1 aliphatic heterocycles. The van der Waals surface area contributed by atoms with Gasteiger partial charge in [0, 0.05) is 37.3 Å². The van der Waals surface area contributed by atoms with Gasteiger partial charge in [-0.05, 0) is 35.9 Å². The van der Waals surface area contributed by atoms with Gasteiger partial charge in [-0.15, -0.1) is 0 Å². The third-order valence-electron chi connectivity index (χ3n) is 4.05. The summed E-state index contributed by atoms with van der Waals surface area (Å²) in [5, 5.41) is 7.26. The second-order valence-corrected chi connectivity index (χ2v) is 5.87. The van der Waals surface area contributed by atoms with Gasteiger partial charge in [-0.25, -0.2) is 0 Å². The van der Waals surface area contributed by atoms with Gasteiger partial charge >= 0.3 is 0 Å². The average Bonchev–Trinajstić information content (AvgIpc) is 3.20. The van der Waals surface area contributed by atoms with E-state index < -0.39 is 0 Å². The number of aromatic nitrogens is 4. The molecule has 3 aromatic heterocycles. The summed E-state index contributed by atoms with van der Waals surface area (Å²) >= 11 is 0. The number of hydrogen-bond donors (Lipinski definition) is 1. The number of carbonyl (C=O) groups excluding carboxylic acids is 1. The Bertz CT molecular complexity index is 840. The van der Waals surface area contributed by atoms with Crippen LogP contribution in [-0.4, -0.2) is 31.8 Å². The van der Waals surface area contributed by atoms with Crippen molar-refractivity contribution in [3.63, 3.8) is 0 Å². The second kappa shape index (κ2) is 6.72. The number of fused-ring (bicyclic) bond motifs is 1. The summed E-state index contributed by atoms with van der Waals surface area (Å²) in [6.45, 7) is 1.08. The van der Waals surface area contributed by atoms with Crippen molar-refractivity contribution >= 4 is 5.91 Å². The third kappa shape index (κ3) is 3.50. The summed E-state index contributed by atoms with van der Waals surface area (Å²) in [5.41, 5.74) is 2.44. The fourth-order valence-electron chi connectivity index (χ4n) is 2.84. The van der Waals surface area contributed by atoms with Crippen LogP contribution in [0.5, 0.6) is 5.75 Å². The van der Waals surface area contributed by atoms with Gasteiger partial charge in [0.15, 0.2) is 0 Å². The monoisotopic (exact) mass is 335 g/mol. The Morgan fingerprint density at radius 2 is 2.12 bits per heavy atom. The molecule has 0 unspecified atom stereocenters. The maximum atomic E-state index is 12.3. The van der Waals surface area contributed by atoms with E-state index in [4.69, 9.17) is 4.74 Å². The zero-order chi connectivity index (χ0) is 17.1. The van der Waals surface area contributed by atoms with Gasteiger partial charge < -0.3 is 10.1 Å². The first-order chi connectivity index (χ1) is 12.3. The minimum absolute atomic E-state index is 0.0145. The summed E-state index contributed by atoms with van der Waals surface area (Å²) in [5.74, 6) is 0.567. The Balaban J connectivity index is 1.35. The van der Waals surface area contributed by atoms with Gasteiger partial charge in [-0.3, -0.25) is 19.4 Å². The molecule has 0 aromatic carbocycles. The third-order valence-corrected chi connectivity index (χ3v) is 4.05. The molecule has 25 heavy (non-hydrogen) atoms. The smallest absolute Gasteiger partial charge is 0.272 e. The molecule has 126 valence electrons. The Kier molecular flexibility index (Phi) is 4.12. The van der Waals surface area contributed by atoms with E-state index in [1.54, 1.807) is 24.8 Å². The first kappa shape index (κ1) is 15.3. The van der Waals surface area contributed by atoms with E-state index in [0.29, 0.717) is 18.8 Å². The molecule has 1 aliphatic rings. The van der Waals surface area contributed by atoms with Gasteiger partial charge in [-0.2, -0.15) is 5.10 Å². The zero-order valence-corrected chi connectivity index (χ0v) is 13.5. The van der Waals surface area contributed by atoms with E-state index in [1.807, 2.05) is 35.0 Å². The van der Waals surface area contributed by atoms with Gasteiger partial charge in [0.1, 0.15) is 17.5 Å². The van der Waals surface area contributed by atoms with E-state index in [-0.39, 0.29) is 12.0 Å². The Morgan fingerprint density at radius 1 is 1.24 bits per heavy atom. The zero-order valence-electron chi connectivity index (χ0n) is 13.5. The lowest BCUT2D eigenvalue weighted by Crippen LogP contribution is -2.24. The molecule has 1 amide bonds. The van der Waals surface area contributed by atoms with Gasteiger partial charge in [0.25, 0.3) is 5.91 Å². The maximum Gasteiger partial charge on any atom is 0.272 e. The van der Waals surface area contributed by atoms with E-state index in [0.717, 1.165) is 23.4 Å². The standard InChI is InChI=1S/C18H17N5O2/c24-18(21-10-13-3-6-19-7-4-13)17-9-14-8-16(12-23(14)22-17)25-15-2-1-5-20-11-15/h1-7,9,11,16H,8,10,12H2,(H,21,24)/t16-/m0/s1. The summed E-state index contributed by atoms with van der Waals surface area (Å²) in [6.07, 6.45) is 7.55. The minimum Gasteiger partial charge on any atom is -0.486 e. The highest BCUT2D eigenvalue weighted by Gasteiger charge is 2.26. The van der Waals surface area contributed by atoms with Crippen LogP contribution in [0, 0.1) is 0 Å². The lowest BCUT2D eigenvalue weighted by Gasteiger charge is -2.12. The summed E-state index contributed by atoms with van der Waals surface area (Å²) in [4.78, 5) is 20.3. The molecule has 3 aromatic rings. The van der Waals surface area contributed by atoms with Crippen LogP contribution in [0.1, 0.15) is 21.7 Å². The Hall–Kier alpha value is -3.22.